The highest BCUT2D eigenvalue weighted by molar-refractivity contribution is 6.30. The molecular formula is C14H13ClFN3O2. The normalized spacial score (nSPS) is 10.2. The van der Waals surface area contributed by atoms with Crippen molar-refractivity contribution in [1.29, 1.82) is 0 Å². The fourth-order valence-electron chi connectivity index (χ4n) is 1.91. The maximum Gasteiger partial charge on any atom is 0.315 e. The molecule has 0 aliphatic carbocycles. The molecule has 0 saturated carbocycles. The second-order valence-corrected chi connectivity index (χ2v) is 4.67. The van der Waals surface area contributed by atoms with Crippen LogP contribution in [-0.4, -0.2) is 11.5 Å². The largest absolute Gasteiger partial charge is 0.380 e. The van der Waals surface area contributed by atoms with E-state index in [1.807, 2.05) is 6.92 Å². The van der Waals surface area contributed by atoms with Gasteiger partial charge in [0.25, 0.3) is 0 Å². The number of benzene rings is 2. The van der Waals surface area contributed by atoms with Gasteiger partial charge in [0.2, 0.25) is 0 Å². The van der Waals surface area contributed by atoms with Gasteiger partial charge >= 0.3 is 5.69 Å². The molecule has 0 aliphatic heterocycles. The quantitative estimate of drug-likeness (QED) is 0.627. The molecule has 0 heterocycles. The van der Waals surface area contributed by atoms with Gasteiger partial charge in [0, 0.05) is 11.6 Å². The monoisotopic (exact) mass is 309 g/mol. The maximum absolute atomic E-state index is 13.8. The zero-order valence-corrected chi connectivity index (χ0v) is 11.9. The van der Waals surface area contributed by atoms with Crippen LogP contribution < -0.4 is 10.6 Å². The molecule has 2 N–H and O–H groups in total. The Labute approximate surface area is 125 Å². The summed E-state index contributed by atoms with van der Waals surface area (Å²) >= 11 is 5.68. The van der Waals surface area contributed by atoms with Gasteiger partial charge in [-0.15, -0.1) is 0 Å². The van der Waals surface area contributed by atoms with E-state index in [4.69, 9.17) is 11.6 Å². The molecule has 21 heavy (non-hydrogen) atoms. The van der Waals surface area contributed by atoms with Crippen molar-refractivity contribution in [2.45, 2.75) is 6.92 Å². The molecule has 0 bridgehead atoms. The van der Waals surface area contributed by atoms with Crippen LogP contribution in [0.2, 0.25) is 5.02 Å². The molecule has 0 atom stereocenters. The van der Waals surface area contributed by atoms with Crippen molar-refractivity contribution >= 4 is 34.4 Å². The molecule has 110 valence electrons. The Hall–Kier alpha value is -2.34. The summed E-state index contributed by atoms with van der Waals surface area (Å²) in [5.41, 5.74) is 0.575. The lowest BCUT2D eigenvalue weighted by Gasteiger charge is -2.11. The van der Waals surface area contributed by atoms with Crippen LogP contribution in [-0.2, 0) is 0 Å². The lowest BCUT2D eigenvalue weighted by molar-refractivity contribution is -0.383. The van der Waals surface area contributed by atoms with Crippen LogP contribution in [0, 0.1) is 15.9 Å². The van der Waals surface area contributed by atoms with E-state index in [-0.39, 0.29) is 22.1 Å². The summed E-state index contributed by atoms with van der Waals surface area (Å²) < 4.78 is 13.8. The Morgan fingerprint density at radius 2 is 1.95 bits per heavy atom. The lowest BCUT2D eigenvalue weighted by Crippen LogP contribution is -2.04. The molecule has 2 aromatic carbocycles. The second-order valence-electron chi connectivity index (χ2n) is 4.24. The first-order chi connectivity index (χ1) is 10.0. The SMILES string of the molecule is CCNc1cccc(Nc2ccc(Cl)cc2F)c1[N+](=O)[O-]. The first-order valence-electron chi connectivity index (χ1n) is 6.26. The van der Waals surface area contributed by atoms with E-state index < -0.39 is 10.7 Å². The molecule has 0 spiro atoms. The number of nitro groups is 1. The van der Waals surface area contributed by atoms with E-state index in [0.29, 0.717) is 12.2 Å². The number of anilines is 3. The molecule has 0 unspecified atom stereocenters. The molecule has 0 saturated heterocycles. The Morgan fingerprint density at radius 1 is 1.24 bits per heavy atom. The molecule has 5 nitrogen and oxygen atoms in total. The minimum absolute atomic E-state index is 0.121. The standard InChI is InChI=1S/C14H13ClFN3O2/c1-2-17-12-4-3-5-13(14(12)19(20)21)18-11-7-6-9(15)8-10(11)16/h3-8,17-18H,2H2,1H3. The number of nitrogens with one attached hydrogen (secondary N) is 2. The van der Waals surface area contributed by atoms with Crippen LogP contribution in [0.5, 0.6) is 0 Å². The van der Waals surface area contributed by atoms with Crippen molar-refractivity contribution in [3.05, 3.63) is 57.4 Å². The van der Waals surface area contributed by atoms with Gasteiger partial charge in [0.15, 0.2) is 0 Å². The second kappa shape index (κ2) is 6.41. The van der Waals surface area contributed by atoms with Gasteiger partial charge in [-0.1, -0.05) is 17.7 Å². The van der Waals surface area contributed by atoms with Crippen molar-refractivity contribution in [3.8, 4) is 0 Å². The van der Waals surface area contributed by atoms with Gasteiger partial charge in [-0.2, -0.15) is 0 Å². The molecule has 0 fully saturated rings. The number of rotatable bonds is 5. The lowest BCUT2D eigenvalue weighted by atomic mass is 10.2. The summed E-state index contributed by atoms with van der Waals surface area (Å²) in [7, 11) is 0. The van der Waals surface area contributed by atoms with E-state index >= 15 is 0 Å². The van der Waals surface area contributed by atoms with Crippen molar-refractivity contribution < 1.29 is 9.31 Å². The van der Waals surface area contributed by atoms with Crippen LogP contribution in [0.25, 0.3) is 0 Å². The molecule has 0 aliphatic rings. The van der Waals surface area contributed by atoms with Crippen molar-refractivity contribution in [2.24, 2.45) is 0 Å². The Bertz CT molecular complexity index is 679. The average molecular weight is 310 g/mol. The van der Waals surface area contributed by atoms with Crippen molar-refractivity contribution in [1.82, 2.24) is 0 Å². The third kappa shape index (κ3) is 3.41. The number of halogens is 2. The molecule has 7 heteroatoms. The first kappa shape index (κ1) is 15.1. The first-order valence-corrected chi connectivity index (χ1v) is 6.64. The topological polar surface area (TPSA) is 67.2 Å². The van der Waals surface area contributed by atoms with Crippen LogP contribution in [0.4, 0.5) is 27.1 Å². The average Bonchev–Trinajstić information content (AvgIpc) is 2.42. The molecule has 0 amide bonds. The van der Waals surface area contributed by atoms with E-state index in [1.165, 1.54) is 18.2 Å². The van der Waals surface area contributed by atoms with Crippen molar-refractivity contribution in [3.63, 3.8) is 0 Å². The molecular weight excluding hydrogens is 297 g/mol. The number of nitrogens with zero attached hydrogens (tertiary/aromatic N) is 1. The van der Waals surface area contributed by atoms with Gasteiger partial charge < -0.3 is 10.6 Å². The fourth-order valence-corrected chi connectivity index (χ4v) is 2.07. The highest BCUT2D eigenvalue weighted by Crippen LogP contribution is 2.35. The predicted molar refractivity (Wildman–Crippen MR) is 82.0 cm³/mol. The Balaban J connectivity index is 2.43. The number of nitro benzene ring substituents is 1. The maximum atomic E-state index is 13.8. The minimum Gasteiger partial charge on any atom is -0.380 e. The van der Waals surface area contributed by atoms with E-state index in [1.54, 1.807) is 12.1 Å². The zero-order valence-electron chi connectivity index (χ0n) is 11.2. The van der Waals surface area contributed by atoms with Crippen LogP contribution in [0.15, 0.2) is 36.4 Å². The Morgan fingerprint density at radius 3 is 2.57 bits per heavy atom. The van der Waals surface area contributed by atoms with E-state index in [0.717, 1.165) is 6.07 Å². The third-order valence-corrected chi connectivity index (χ3v) is 3.02. The number of para-hydroxylation sites is 1. The summed E-state index contributed by atoms with van der Waals surface area (Å²) in [5.74, 6) is -0.578. The van der Waals surface area contributed by atoms with Gasteiger partial charge in [-0.3, -0.25) is 10.1 Å². The van der Waals surface area contributed by atoms with Gasteiger partial charge in [-0.25, -0.2) is 4.39 Å². The van der Waals surface area contributed by atoms with E-state index in [9.17, 15) is 14.5 Å². The van der Waals surface area contributed by atoms with Crippen LogP contribution >= 0.6 is 11.6 Å². The summed E-state index contributed by atoms with van der Waals surface area (Å²) in [4.78, 5) is 10.8. The Kier molecular flexibility index (Phi) is 4.59. The van der Waals surface area contributed by atoms with Gasteiger partial charge in [0.05, 0.1) is 10.6 Å². The minimum atomic E-state index is -0.578. The van der Waals surface area contributed by atoms with Gasteiger partial charge in [-0.05, 0) is 37.3 Å². The molecule has 2 aromatic rings. The zero-order chi connectivity index (χ0) is 15.4. The molecule has 2 rings (SSSR count). The predicted octanol–water partition coefficient (Wildman–Crippen LogP) is 4.56. The summed E-state index contributed by atoms with van der Waals surface area (Å²) in [5, 5.41) is 17.2. The molecule has 0 aromatic heterocycles. The fraction of sp³-hybridized carbons (Fsp3) is 0.143. The van der Waals surface area contributed by atoms with Crippen LogP contribution in [0.1, 0.15) is 6.92 Å². The van der Waals surface area contributed by atoms with Crippen LogP contribution in [0.3, 0.4) is 0 Å². The third-order valence-electron chi connectivity index (χ3n) is 2.79. The summed E-state index contributed by atoms with van der Waals surface area (Å²) in [6.45, 7) is 2.38. The van der Waals surface area contributed by atoms with Gasteiger partial charge in [0.1, 0.15) is 17.2 Å². The number of hydrogen-bond acceptors (Lipinski definition) is 4. The van der Waals surface area contributed by atoms with E-state index in [2.05, 4.69) is 10.6 Å². The highest BCUT2D eigenvalue weighted by Gasteiger charge is 2.20. The smallest absolute Gasteiger partial charge is 0.315 e. The highest BCUT2D eigenvalue weighted by atomic mass is 35.5. The van der Waals surface area contributed by atoms with Crippen molar-refractivity contribution in [2.75, 3.05) is 17.2 Å². The summed E-state index contributed by atoms with van der Waals surface area (Å²) in [6.07, 6.45) is 0. The summed E-state index contributed by atoms with van der Waals surface area (Å²) in [6, 6.07) is 8.86. The molecule has 0 radical (unpaired) electrons. The number of hydrogen-bond donors (Lipinski definition) is 2.